The van der Waals surface area contributed by atoms with Gasteiger partial charge in [-0.1, -0.05) is 23.2 Å². The van der Waals surface area contributed by atoms with Crippen molar-refractivity contribution in [3.05, 3.63) is 16.1 Å². The van der Waals surface area contributed by atoms with E-state index in [-0.39, 0.29) is 12.6 Å². The van der Waals surface area contributed by atoms with Gasteiger partial charge in [-0.15, -0.1) is 0 Å². The summed E-state index contributed by atoms with van der Waals surface area (Å²) in [5.41, 5.74) is 0. The molecule has 0 unspecified atom stereocenters. The number of aromatic nitrogens is 1. The molecule has 0 aliphatic carbocycles. The molecule has 0 aliphatic heterocycles. The molecule has 0 radical (unpaired) electrons. The second kappa shape index (κ2) is 6.28. The van der Waals surface area contributed by atoms with Crippen molar-refractivity contribution in [2.75, 3.05) is 30.4 Å². The third-order valence-electron chi connectivity index (χ3n) is 2.38. The number of halogens is 2. The van der Waals surface area contributed by atoms with Crippen molar-refractivity contribution in [2.24, 2.45) is 0 Å². The lowest BCUT2D eigenvalue weighted by molar-refractivity contribution is 0.298. The van der Waals surface area contributed by atoms with Crippen LogP contribution in [0, 0.1) is 0 Å². The maximum absolute atomic E-state index is 9.06. The van der Waals surface area contributed by atoms with Gasteiger partial charge in [-0.2, -0.15) is 0 Å². The molecule has 0 bridgehead atoms. The molecule has 96 valence electrons. The summed E-state index contributed by atoms with van der Waals surface area (Å²) in [7, 11) is 1.75. The first-order valence-electron chi connectivity index (χ1n) is 5.42. The largest absolute Gasteiger partial charge is 0.395 e. The predicted molar refractivity (Wildman–Crippen MR) is 73.4 cm³/mol. The van der Waals surface area contributed by atoms with Gasteiger partial charge in [0.1, 0.15) is 11.6 Å². The van der Waals surface area contributed by atoms with Gasteiger partial charge in [-0.25, -0.2) is 4.98 Å². The lowest BCUT2D eigenvalue weighted by atomic mass is 10.3. The van der Waals surface area contributed by atoms with Gasteiger partial charge in [0.2, 0.25) is 0 Å². The number of nitrogens with one attached hydrogen (secondary N) is 1. The van der Waals surface area contributed by atoms with E-state index >= 15 is 0 Å². The van der Waals surface area contributed by atoms with Crippen LogP contribution >= 0.6 is 23.2 Å². The minimum Gasteiger partial charge on any atom is -0.395 e. The van der Waals surface area contributed by atoms with Gasteiger partial charge in [-0.05, 0) is 19.9 Å². The number of aliphatic hydroxyl groups excluding tert-OH is 1. The minimum atomic E-state index is 0.0493. The summed E-state index contributed by atoms with van der Waals surface area (Å²) in [4.78, 5) is 6.30. The highest BCUT2D eigenvalue weighted by Gasteiger charge is 2.17. The topological polar surface area (TPSA) is 48.4 Å². The third kappa shape index (κ3) is 3.37. The molecule has 1 aromatic heterocycles. The van der Waals surface area contributed by atoms with Gasteiger partial charge in [0, 0.05) is 19.6 Å². The normalized spacial score (nSPS) is 10.8. The van der Waals surface area contributed by atoms with Gasteiger partial charge >= 0.3 is 0 Å². The first kappa shape index (κ1) is 14.4. The Morgan fingerprint density at radius 2 is 2.06 bits per heavy atom. The number of anilines is 2. The molecule has 0 aliphatic rings. The lowest BCUT2D eigenvalue weighted by Gasteiger charge is -2.28. The molecular weight excluding hydrogens is 261 g/mol. The molecule has 1 aromatic rings. The van der Waals surface area contributed by atoms with E-state index in [0.717, 1.165) is 0 Å². The van der Waals surface area contributed by atoms with Crippen LogP contribution in [0.15, 0.2) is 6.07 Å². The lowest BCUT2D eigenvalue weighted by Crippen LogP contribution is -2.34. The molecule has 4 nitrogen and oxygen atoms in total. The molecule has 0 saturated carbocycles. The van der Waals surface area contributed by atoms with Crippen molar-refractivity contribution < 1.29 is 5.11 Å². The molecule has 2 N–H and O–H groups in total. The van der Waals surface area contributed by atoms with E-state index in [1.165, 1.54) is 0 Å². The molecule has 0 saturated heterocycles. The van der Waals surface area contributed by atoms with Crippen molar-refractivity contribution >= 4 is 34.8 Å². The highest BCUT2D eigenvalue weighted by molar-refractivity contribution is 6.37. The number of rotatable bonds is 5. The highest BCUT2D eigenvalue weighted by Crippen LogP contribution is 2.31. The summed E-state index contributed by atoms with van der Waals surface area (Å²) < 4.78 is 0. The standard InChI is InChI=1S/C11H17Cl2N3O/c1-7(2)16(4-5-17)11-9(13)6-8(12)10(14-3)15-11/h6-7,17H,4-5H2,1-3H3,(H,14,15). The number of aliphatic hydroxyl groups is 1. The van der Waals surface area contributed by atoms with Gasteiger partial charge in [0.05, 0.1) is 16.7 Å². The van der Waals surface area contributed by atoms with E-state index in [2.05, 4.69) is 10.3 Å². The van der Waals surface area contributed by atoms with Gasteiger partial charge in [0.15, 0.2) is 0 Å². The Morgan fingerprint density at radius 3 is 2.53 bits per heavy atom. The quantitative estimate of drug-likeness (QED) is 0.869. The van der Waals surface area contributed by atoms with Crippen molar-refractivity contribution in [3.8, 4) is 0 Å². The van der Waals surface area contributed by atoms with Crippen LogP contribution in [0.2, 0.25) is 10.0 Å². The van der Waals surface area contributed by atoms with Gasteiger partial charge in [-0.3, -0.25) is 0 Å². The fourth-order valence-electron chi connectivity index (χ4n) is 1.55. The molecule has 0 atom stereocenters. The van der Waals surface area contributed by atoms with Crippen LogP contribution < -0.4 is 10.2 Å². The van der Waals surface area contributed by atoms with Gasteiger partial charge < -0.3 is 15.3 Å². The predicted octanol–water partition coefficient (Wildman–Crippen LogP) is 2.64. The average molecular weight is 278 g/mol. The summed E-state index contributed by atoms with van der Waals surface area (Å²) in [6, 6.07) is 1.85. The summed E-state index contributed by atoms with van der Waals surface area (Å²) in [6.45, 7) is 4.56. The summed E-state index contributed by atoms with van der Waals surface area (Å²) >= 11 is 12.1. The Labute approximate surface area is 112 Å². The van der Waals surface area contributed by atoms with E-state index < -0.39 is 0 Å². The zero-order valence-corrected chi connectivity index (χ0v) is 11.7. The Hall–Kier alpha value is -0.710. The van der Waals surface area contributed by atoms with E-state index in [9.17, 15) is 0 Å². The number of nitrogens with zero attached hydrogens (tertiary/aromatic N) is 2. The van der Waals surface area contributed by atoms with Crippen molar-refractivity contribution in [3.63, 3.8) is 0 Å². The van der Waals surface area contributed by atoms with Crippen LogP contribution in [-0.4, -0.2) is 36.3 Å². The second-order valence-electron chi connectivity index (χ2n) is 3.88. The molecule has 0 amide bonds. The molecule has 6 heteroatoms. The van der Waals surface area contributed by atoms with Gasteiger partial charge in [0.25, 0.3) is 0 Å². The molecule has 0 aromatic carbocycles. The molecule has 0 fully saturated rings. The summed E-state index contributed by atoms with van der Waals surface area (Å²) in [5, 5.41) is 12.9. The van der Waals surface area contributed by atoms with E-state index in [1.807, 2.05) is 18.7 Å². The molecule has 1 rings (SSSR count). The van der Waals surface area contributed by atoms with Crippen molar-refractivity contribution in [1.29, 1.82) is 0 Å². The van der Waals surface area contributed by atoms with E-state index in [4.69, 9.17) is 28.3 Å². The third-order valence-corrected chi connectivity index (χ3v) is 2.95. The average Bonchev–Trinajstić information content (AvgIpc) is 2.26. The number of pyridine rings is 1. The van der Waals surface area contributed by atoms with Crippen LogP contribution in [0.5, 0.6) is 0 Å². The highest BCUT2D eigenvalue weighted by atomic mass is 35.5. The van der Waals surface area contributed by atoms with Crippen LogP contribution in [0.4, 0.5) is 11.6 Å². The van der Waals surface area contributed by atoms with Crippen LogP contribution in [-0.2, 0) is 0 Å². The first-order chi connectivity index (χ1) is 8.01. The maximum Gasteiger partial charge on any atom is 0.150 e. The first-order valence-corrected chi connectivity index (χ1v) is 6.18. The molecule has 17 heavy (non-hydrogen) atoms. The Kier molecular flexibility index (Phi) is 5.31. The van der Waals surface area contributed by atoms with Crippen LogP contribution in [0.1, 0.15) is 13.8 Å². The molecular formula is C11H17Cl2N3O. The van der Waals surface area contributed by atoms with Crippen LogP contribution in [0.25, 0.3) is 0 Å². The number of hydrogen-bond donors (Lipinski definition) is 2. The fourth-order valence-corrected chi connectivity index (χ4v) is 2.11. The van der Waals surface area contributed by atoms with E-state index in [0.29, 0.717) is 28.2 Å². The van der Waals surface area contributed by atoms with E-state index in [1.54, 1.807) is 13.1 Å². The molecule has 1 heterocycles. The monoisotopic (exact) mass is 277 g/mol. The Bertz CT molecular complexity index is 385. The van der Waals surface area contributed by atoms with Crippen molar-refractivity contribution in [2.45, 2.75) is 19.9 Å². The second-order valence-corrected chi connectivity index (χ2v) is 4.70. The Balaban J connectivity index is 3.18. The number of hydrogen-bond acceptors (Lipinski definition) is 4. The smallest absolute Gasteiger partial charge is 0.150 e. The fraction of sp³-hybridized carbons (Fsp3) is 0.545. The summed E-state index contributed by atoms with van der Waals surface area (Å²) in [6.07, 6.45) is 0. The minimum absolute atomic E-state index is 0.0493. The zero-order chi connectivity index (χ0) is 13.0. The summed E-state index contributed by atoms with van der Waals surface area (Å²) in [5.74, 6) is 1.21. The maximum atomic E-state index is 9.06. The van der Waals surface area contributed by atoms with Crippen LogP contribution in [0.3, 0.4) is 0 Å². The SMILES string of the molecule is CNc1nc(N(CCO)C(C)C)c(Cl)cc1Cl. The molecule has 0 spiro atoms. The Morgan fingerprint density at radius 1 is 1.41 bits per heavy atom. The zero-order valence-electron chi connectivity index (χ0n) is 10.2. The van der Waals surface area contributed by atoms with Crippen molar-refractivity contribution in [1.82, 2.24) is 4.98 Å².